The van der Waals surface area contributed by atoms with E-state index in [0.717, 1.165) is 0 Å². The molecule has 0 aromatic carbocycles. The van der Waals surface area contributed by atoms with Gasteiger partial charge in [0.25, 0.3) is 0 Å². The van der Waals surface area contributed by atoms with E-state index in [0.29, 0.717) is 24.7 Å². The molecule has 1 saturated heterocycles. The van der Waals surface area contributed by atoms with Gasteiger partial charge in [-0.05, 0) is 9.91 Å². The van der Waals surface area contributed by atoms with E-state index in [1.54, 1.807) is 18.5 Å². The number of aryl methyl sites for hydroxylation is 1. The van der Waals surface area contributed by atoms with Crippen LogP contribution in [0.3, 0.4) is 0 Å². The van der Waals surface area contributed by atoms with Crippen LogP contribution >= 0.6 is 0 Å². The summed E-state index contributed by atoms with van der Waals surface area (Å²) in [6.07, 6.45) is 0. The van der Waals surface area contributed by atoms with Crippen molar-refractivity contribution in [3.8, 4) is 0 Å². The molecule has 1 fully saturated rings. The lowest BCUT2D eigenvalue weighted by Gasteiger charge is -2.37. The number of aromatic nitrogens is 2. The molecule has 2 rings (SSSR count). The van der Waals surface area contributed by atoms with E-state index in [1.807, 2.05) is 4.90 Å². The minimum Gasteiger partial charge on any atom is -0.358 e. The molecule has 1 aromatic rings. The van der Waals surface area contributed by atoms with Crippen molar-refractivity contribution in [1.29, 1.82) is 0 Å². The first kappa shape index (κ1) is 9.91. The first-order valence-corrected chi connectivity index (χ1v) is 4.69. The summed E-state index contributed by atoms with van der Waals surface area (Å²) >= 11 is 0. The van der Waals surface area contributed by atoms with Gasteiger partial charge in [0.1, 0.15) is 0 Å². The molecule has 82 valence electrons. The third-order valence-electron chi connectivity index (χ3n) is 2.65. The van der Waals surface area contributed by atoms with Crippen molar-refractivity contribution < 1.29 is 4.92 Å². The second kappa shape index (κ2) is 3.20. The molecule has 2 heterocycles. The van der Waals surface area contributed by atoms with Gasteiger partial charge in [-0.1, -0.05) is 0 Å². The first-order valence-electron chi connectivity index (χ1n) is 4.69. The van der Waals surface area contributed by atoms with Crippen molar-refractivity contribution in [3.05, 3.63) is 15.9 Å². The Morgan fingerprint density at radius 3 is 2.67 bits per heavy atom. The van der Waals surface area contributed by atoms with Gasteiger partial charge in [0, 0.05) is 33.1 Å². The average Bonchev–Trinajstić information content (AvgIpc) is 2.39. The van der Waals surface area contributed by atoms with E-state index in [-0.39, 0.29) is 11.9 Å². The van der Waals surface area contributed by atoms with Crippen molar-refractivity contribution in [2.24, 2.45) is 12.8 Å². The molecule has 0 saturated carbocycles. The third-order valence-corrected chi connectivity index (χ3v) is 2.65. The Bertz CT molecular complexity index is 407. The van der Waals surface area contributed by atoms with Crippen LogP contribution in [-0.2, 0) is 7.05 Å². The van der Waals surface area contributed by atoms with Crippen molar-refractivity contribution in [2.75, 3.05) is 18.0 Å². The highest BCUT2D eigenvalue weighted by molar-refractivity contribution is 5.57. The fourth-order valence-electron chi connectivity index (χ4n) is 1.74. The van der Waals surface area contributed by atoms with Crippen molar-refractivity contribution in [3.63, 3.8) is 0 Å². The number of hydrogen-bond donors (Lipinski definition) is 1. The normalized spacial score (nSPS) is 16.6. The smallest absolute Gasteiger partial charge is 0.358 e. The molecule has 0 atom stereocenters. The standard InChI is InChI=1S/C8H13N5O2/c1-5-10-7(13(14)15)8(11(5)2)12-3-6(9)4-12/h6H,3-4,9H2,1-2H3. The molecule has 7 heteroatoms. The maximum Gasteiger partial charge on any atom is 0.406 e. The third kappa shape index (κ3) is 1.44. The molecule has 1 aromatic heterocycles. The topological polar surface area (TPSA) is 90.2 Å². The first-order chi connectivity index (χ1) is 7.00. The molecular weight excluding hydrogens is 198 g/mol. The predicted molar refractivity (Wildman–Crippen MR) is 54.8 cm³/mol. The van der Waals surface area contributed by atoms with Crippen LogP contribution in [-0.4, -0.2) is 33.6 Å². The average molecular weight is 211 g/mol. The van der Waals surface area contributed by atoms with Gasteiger partial charge in [0.2, 0.25) is 11.6 Å². The Morgan fingerprint density at radius 2 is 2.20 bits per heavy atom. The van der Waals surface area contributed by atoms with Crippen LogP contribution in [0.5, 0.6) is 0 Å². The van der Waals surface area contributed by atoms with E-state index >= 15 is 0 Å². The Kier molecular flexibility index (Phi) is 2.11. The zero-order valence-electron chi connectivity index (χ0n) is 8.67. The number of nitrogens with zero attached hydrogens (tertiary/aromatic N) is 4. The van der Waals surface area contributed by atoms with Gasteiger partial charge >= 0.3 is 5.82 Å². The predicted octanol–water partition coefficient (Wildman–Crippen LogP) is -0.216. The van der Waals surface area contributed by atoms with Gasteiger partial charge in [0.15, 0.2) is 0 Å². The van der Waals surface area contributed by atoms with Crippen LogP contribution in [0.15, 0.2) is 0 Å². The lowest BCUT2D eigenvalue weighted by atomic mass is 10.1. The maximum absolute atomic E-state index is 10.8. The quantitative estimate of drug-likeness (QED) is 0.539. The van der Waals surface area contributed by atoms with Crippen LogP contribution in [0.25, 0.3) is 0 Å². The lowest BCUT2D eigenvalue weighted by molar-refractivity contribution is -0.388. The van der Waals surface area contributed by atoms with E-state index in [4.69, 9.17) is 5.73 Å². The summed E-state index contributed by atoms with van der Waals surface area (Å²) in [5, 5.41) is 10.8. The summed E-state index contributed by atoms with van der Waals surface area (Å²) < 4.78 is 1.73. The van der Waals surface area contributed by atoms with E-state index in [2.05, 4.69) is 4.98 Å². The second-order valence-corrected chi connectivity index (χ2v) is 3.79. The van der Waals surface area contributed by atoms with Gasteiger partial charge in [0.05, 0.1) is 0 Å². The zero-order chi connectivity index (χ0) is 11.2. The molecule has 0 bridgehead atoms. The maximum atomic E-state index is 10.8. The monoisotopic (exact) mass is 211 g/mol. The lowest BCUT2D eigenvalue weighted by Crippen LogP contribution is -2.56. The summed E-state index contributed by atoms with van der Waals surface area (Å²) in [5.41, 5.74) is 5.65. The van der Waals surface area contributed by atoms with Crippen LogP contribution in [0.4, 0.5) is 11.6 Å². The Balaban J connectivity index is 2.40. The highest BCUT2D eigenvalue weighted by Gasteiger charge is 2.34. The van der Waals surface area contributed by atoms with Crippen LogP contribution < -0.4 is 10.6 Å². The molecule has 0 spiro atoms. The second-order valence-electron chi connectivity index (χ2n) is 3.79. The number of rotatable bonds is 2. The summed E-state index contributed by atoms with van der Waals surface area (Å²) in [6, 6.07) is 0.111. The molecule has 1 aliphatic rings. The van der Waals surface area contributed by atoms with Gasteiger partial charge in [-0.3, -0.25) is 4.57 Å². The molecule has 0 amide bonds. The fraction of sp³-hybridized carbons (Fsp3) is 0.625. The van der Waals surface area contributed by atoms with E-state index in [9.17, 15) is 10.1 Å². The molecule has 0 unspecified atom stereocenters. The SMILES string of the molecule is Cc1nc([N+](=O)[O-])c(N2CC(N)C2)n1C. The molecule has 7 nitrogen and oxygen atoms in total. The highest BCUT2D eigenvalue weighted by atomic mass is 16.6. The molecule has 15 heavy (non-hydrogen) atoms. The summed E-state index contributed by atoms with van der Waals surface area (Å²) in [5.74, 6) is 1.11. The van der Waals surface area contributed by atoms with Gasteiger partial charge < -0.3 is 20.7 Å². The minimum absolute atomic E-state index is 0.0816. The minimum atomic E-state index is -0.452. The summed E-state index contributed by atoms with van der Waals surface area (Å²) in [6.45, 7) is 3.05. The molecule has 1 aliphatic heterocycles. The van der Waals surface area contributed by atoms with Crippen molar-refractivity contribution in [1.82, 2.24) is 9.55 Å². The largest absolute Gasteiger partial charge is 0.406 e. The molecule has 0 radical (unpaired) electrons. The van der Waals surface area contributed by atoms with Crippen LogP contribution in [0.2, 0.25) is 0 Å². The summed E-state index contributed by atoms with van der Waals surface area (Å²) in [7, 11) is 1.77. The van der Waals surface area contributed by atoms with E-state index < -0.39 is 4.92 Å². The fourth-order valence-corrected chi connectivity index (χ4v) is 1.74. The number of anilines is 1. The van der Waals surface area contributed by atoms with Crippen LogP contribution in [0.1, 0.15) is 5.82 Å². The number of nitro groups is 1. The zero-order valence-corrected chi connectivity index (χ0v) is 8.67. The number of hydrogen-bond acceptors (Lipinski definition) is 5. The van der Waals surface area contributed by atoms with Gasteiger partial charge in [-0.15, -0.1) is 0 Å². The van der Waals surface area contributed by atoms with E-state index in [1.165, 1.54) is 0 Å². The van der Waals surface area contributed by atoms with Gasteiger partial charge in [-0.25, -0.2) is 0 Å². The van der Waals surface area contributed by atoms with Crippen molar-refractivity contribution >= 4 is 11.6 Å². The Morgan fingerprint density at radius 1 is 1.60 bits per heavy atom. The molecule has 0 aliphatic carbocycles. The van der Waals surface area contributed by atoms with Gasteiger partial charge in [-0.2, -0.15) is 0 Å². The Labute approximate surface area is 86.6 Å². The molecular formula is C8H13N5O2. The Hall–Kier alpha value is -1.63. The number of imidazole rings is 1. The highest BCUT2D eigenvalue weighted by Crippen LogP contribution is 2.30. The molecule has 2 N–H and O–H groups in total. The van der Waals surface area contributed by atoms with Crippen LogP contribution in [0, 0.1) is 17.0 Å². The summed E-state index contributed by atoms with van der Waals surface area (Å²) in [4.78, 5) is 16.1. The number of nitrogens with two attached hydrogens (primary N) is 1. The van der Waals surface area contributed by atoms with Crippen molar-refractivity contribution in [2.45, 2.75) is 13.0 Å².